The van der Waals surface area contributed by atoms with E-state index < -0.39 is 0 Å². The highest BCUT2D eigenvalue weighted by Gasteiger charge is 2.41. The number of hydrogen-bond donors (Lipinski definition) is 0. The molecular weight excluding hydrogens is 339 g/mol. The Bertz CT molecular complexity index is 695. The lowest BCUT2D eigenvalue weighted by molar-refractivity contribution is -0.135. The van der Waals surface area contributed by atoms with Crippen LogP contribution < -0.4 is 0 Å². The van der Waals surface area contributed by atoms with Gasteiger partial charge in [-0.25, -0.2) is 4.39 Å². The van der Waals surface area contributed by atoms with Gasteiger partial charge in [-0.2, -0.15) is 0 Å². The first-order valence-electron chi connectivity index (χ1n) is 10.5. The highest BCUT2D eigenvalue weighted by atomic mass is 19.1. The molecule has 3 atom stereocenters. The molecular formula is C23H31FN2O. The number of carbonyl (C=O) groups is 1. The van der Waals surface area contributed by atoms with Gasteiger partial charge in [0.1, 0.15) is 5.82 Å². The Labute approximate surface area is 162 Å². The van der Waals surface area contributed by atoms with Crippen LogP contribution in [0.2, 0.25) is 0 Å². The Morgan fingerprint density at radius 2 is 1.96 bits per heavy atom. The van der Waals surface area contributed by atoms with Gasteiger partial charge in [-0.05, 0) is 74.6 Å². The Morgan fingerprint density at radius 1 is 1.19 bits per heavy atom. The number of amides is 1. The molecule has 2 bridgehead atoms. The number of benzene rings is 1. The van der Waals surface area contributed by atoms with Crippen molar-refractivity contribution in [3.63, 3.8) is 0 Å². The number of likely N-dealkylation sites (tertiary alicyclic amines) is 1. The van der Waals surface area contributed by atoms with Crippen molar-refractivity contribution in [2.45, 2.75) is 32.1 Å². The normalized spacial score (nSPS) is 28.0. The van der Waals surface area contributed by atoms with E-state index in [1.54, 1.807) is 12.1 Å². The van der Waals surface area contributed by atoms with Crippen LogP contribution >= 0.6 is 0 Å². The van der Waals surface area contributed by atoms with Crippen LogP contribution in [0.4, 0.5) is 4.39 Å². The van der Waals surface area contributed by atoms with Crippen molar-refractivity contribution in [1.82, 2.24) is 9.80 Å². The second-order valence-corrected chi connectivity index (χ2v) is 8.73. The van der Waals surface area contributed by atoms with E-state index in [-0.39, 0.29) is 11.7 Å². The molecule has 0 radical (unpaired) electrons. The monoisotopic (exact) mass is 370 g/mol. The van der Waals surface area contributed by atoms with Crippen LogP contribution in [0.5, 0.6) is 0 Å². The molecule has 4 rings (SSSR count). The number of allylic oxidation sites excluding steroid dienone is 2. The van der Waals surface area contributed by atoms with Crippen LogP contribution in [0.1, 0.15) is 31.2 Å². The first-order chi connectivity index (χ1) is 13.1. The fourth-order valence-corrected chi connectivity index (χ4v) is 5.20. The van der Waals surface area contributed by atoms with Crippen molar-refractivity contribution in [3.8, 4) is 0 Å². The molecule has 1 heterocycles. The zero-order valence-corrected chi connectivity index (χ0v) is 16.3. The third kappa shape index (κ3) is 4.26. The highest BCUT2D eigenvalue weighted by molar-refractivity contribution is 5.80. The van der Waals surface area contributed by atoms with E-state index in [1.807, 2.05) is 24.1 Å². The van der Waals surface area contributed by atoms with Gasteiger partial charge in [0, 0.05) is 26.1 Å². The highest BCUT2D eigenvalue weighted by Crippen LogP contribution is 2.44. The van der Waals surface area contributed by atoms with Crippen LogP contribution in [0, 0.1) is 29.5 Å². The Hall–Kier alpha value is -1.68. The van der Waals surface area contributed by atoms with E-state index in [2.05, 4.69) is 17.1 Å². The lowest BCUT2D eigenvalue weighted by Gasteiger charge is -2.35. The lowest BCUT2D eigenvalue weighted by Crippen LogP contribution is -2.42. The third-order valence-corrected chi connectivity index (χ3v) is 6.87. The molecule has 4 heteroatoms. The molecule has 1 aliphatic heterocycles. The first kappa shape index (κ1) is 18.7. The predicted octanol–water partition coefficient (Wildman–Crippen LogP) is 3.75. The summed E-state index contributed by atoms with van der Waals surface area (Å²) in [5.41, 5.74) is 0.810. The van der Waals surface area contributed by atoms with Crippen LogP contribution in [-0.4, -0.2) is 48.9 Å². The second kappa shape index (κ2) is 8.14. The van der Waals surface area contributed by atoms with E-state index in [1.165, 1.54) is 6.42 Å². The van der Waals surface area contributed by atoms with E-state index in [9.17, 15) is 9.18 Å². The number of carbonyl (C=O) groups excluding carboxylic acids is 1. The molecule has 1 aromatic rings. The zero-order valence-electron chi connectivity index (χ0n) is 16.3. The SMILES string of the molecule is CN(CC1CCN(CCc2ccccc2F)CC1)C(=O)[C@@H]1C[C@@H]2C=C[C@H]1C2. The summed E-state index contributed by atoms with van der Waals surface area (Å²) >= 11 is 0. The minimum absolute atomic E-state index is 0.0945. The number of piperidine rings is 1. The summed E-state index contributed by atoms with van der Waals surface area (Å²) in [6.07, 6.45) is 9.83. The van der Waals surface area contributed by atoms with Crippen LogP contribution in [0.3, 0.4) is 0 Å². The molecule has 146 valence electrons. The Kier molecular flexibility index (Phi) is 5.63. The van der Waals surface area contributed by atoms with E-state index in [4.69, 9.17) is 0 Å². The van der Waals surface area contributed by atoms with Crippen molar-refractivity contribution in [2.75, 3.05) is 33.2 Å². The fourth-order valence-electron chi connectivity index (χ4n) is 5.20. The van der Waals surface area contributed by atoms with Crippen molar-refractivity contribution >= 4 is 5.91 Å². The summed E-state index contributed by atoms with van der Waals surface area (Å²) < 4.78 is 13.7. The van der Waals surface area contributed by atoms with Crippen molar-refractivity contribution < 1.29 is 9.18 Å². The molecule has 3 nitrogen and oxygen atoms in total. The molecule has 1 saturated carbocycles. The summed E-state index contributed by atoms with van der Waals surface area (Å²) in [4.78, 5) is 17.2. The van der Waals surface area contributed by atoms with Gasteiger partial charge < -0.3 is 9.80 Å². The molecule has 2 aliphatic carbocycles. The topological polar surface area (TPSA) is 23.6 Å². The Morgan fingerprint density at radius 3 is 2.63 bits per heavy atom. The summed E-state index contributed by atoms with van der Waals surface area (Å²) in [5, 5.41) is 0. The number of halogens is 1. The quantitative estimate of drug-likeness (QED) is 0.712. The average molecular weight is 371 g/mol. The van der Waals surface area contributed by atoms with E-state index >= 15 is 0 Å². The standard InChI is InChI=1S/C23H31FN2O/c1-25(23(27)21-15-18-6-7-20(21)14-18)16-17-8-11-26(12-9-17)13-10-19-4-2-3-5-22(19)24/h2-7,17-18,20-21H,8-16H2,1H3/t18-,20+,21-/m1/s1. The molecule has 0 N–H and O–H groups in total. The molecule has 0 aromatic heterocycles. The number of rotatable bonds is 6. The molecule has 0 unspecified atom stereocenters. The van der Waals surface area contributed by atoms with Crippen LogP contribution in [0.15, 0.2) is 36.4 Å². The summed E-state index contributed by atoms with van der Waals surface area (Å²) in [5.74, 6) is 2.22. The molecule has 27 heavy (non-hydrogen) atoms. The minimum Gasteiger partial charge on any atom is -0.345 e. The largest absolute Gasteiger partial charge is 0.345 e. The van der Waals surface area contributed by atoms with Crippen molar-refractivity contribution in [2.24, 2.45) is 23.7 Å². The lowest BCUT2D eigenvalue weighted by atomic mass is 9.91. The zero-order chi connectivity index (χ0) is 18.8. The molecule has 2 fully saturated rings. The van der Waals surface area contributed by atoms with Gasteiger partial charge in [0.25, 0.3) is 0 Å². The van der Waals surface area contributed by atoms with Gasteiger partial charge in [-0.3, -0.25) is 4.79 Å². The van der Waals surface area contributed by atoms with Crippen LogP contribution in [-0.2, 0) is 11.2 Å². The van der Waals surface area contributed by atoms with Gasteiger partial charge in [0.05, 0.1) is 0 Å². The molecule has 0 spiro atoms. The number of fused-ring (bicyclic) bond motifs is 2. The van der Waals surface area contributed by atoms with E-state index in [0.717, 1.165) is 57.4 Å². The summed E-state index contributed by atoms with van der Waals surface area (Å²) in [6, 6.07) is 7.08. The fraction of sp³-hybridized carbons (Fsp3) is 0.609. The molecule has 1 aromatic carbocycles. The molecule has 1 amide bonds. The van der Waals surface area contributed by atoms with Crippen molar-refractivity contribution in [3.05, 3.63) is 47.8 Å². The molecule has 1 saturated heterocycles. The third-order valence-electron chi connectivity index (χ3n) is 6.87. The number of hydrogen-bond acceptors (Lipinski definition) is 2. The maximum Gasteiger partial charge on any atom is 0.226 e. The van der Waals surface area contributed by atoms with Crippen molar-refractivity contribution in [1.29, 1.82) is 0 Å². The van der Waals surface area contributed by atoms with Gasteiger partial charge in [0.15, 0.2) is 0 Å². The smallest absolute Gasteiger partial charge is 0.226 e. The summed E-state index contributed by atoms with van der Waals surface area (Å²) in [7, 11) is 1.99. The van der Waals surface area contributed by atoms with Gasteiger partial charge in [-0.1, -0.05) is 30.4 Å². The number of nitrogens with zero attached hydrogens (tertiary/aromatic N) is 2. The first-order valence-corrected chi connectivity index (χ1v) is 10.5. The predicted molar refractivity (Wildman–Crippen MR) is 106 cm³/mol. The van der Waals surface area contributed by atoms with Gasteiger partial charge >= 0.3 is 0 Å². The maximum atomic E-state index is 13.7. The van der Waals surface area contributed by atoms with E-state index in [0.29, 0.717) is 23.7 Å². The summed E-state index contributed by atoms with van der Waals surface area (Å²) in [6.45, 7) is 3.91. The minimum atomic E-state index is -0.0945. The van der Waals surface area contributed by atoms with Gasteiger partial charge in [0.2, 0.25) is 5.91 Å². The molecule has 3 aliphatic rings. The van der Waals surface area contributed by atoms with Crippen LogP contribution in [0.25, 0.3) is 0 Å². The Balaban J connectivity index is 1.20. The average Bonchev–Trinajstić information content (AvgIpc) is 3.31. The second-order valence-electron chi connectivity index (χ2n) is 8.73. The van der Waals surface area contributed by atoms with Gasteiger partial charge in [-0.15, -0.1) is 0 Å². The maximum absolute atomic E-state index is 13.7.